The average Bonchev–Trinajstić information content (AvgIpc) is 3.23. The molecule has 0 N–H and O–H groups in total. The van der Waals surface area contributed by atoms with E-state index < -0.39 is 29.6 Å². The smallest absolute Gasteiger partial charge is 0.319 e. The quantitative estimate of drug-likeness (QED) is 0.185. The molecule has 0 spiro atoms. The molecule has 4 aromatic carbocycles. The molecule has 2 heterocycles. The highest BCUT2D eigenvalue weighted by atomic mass is 16.5. The van der Waals surface area contributed by atoms with Gasteiger partial charge < -0.3 is 9.47 Å². The summed E-state index contributed by atoms with van der Waals surface area (Å²) in [5, 5.41) is 1.95. The Bertz CT molecular complexity index is 1770. The third-order valence-corrected chi connectivity index (χ3v) is 8.59. The number of aryl methyl sites for hydroxylation is 2. The Morgan fingerprint density at radius 3 is 2.35 bits per heavy atom. The zero-order chi connectivity index (χ0) is 27.7. The first kappa shape index (κ1) is 24.3. The molecule has 0 radical (unpaired) electrons. The fraction of sp³-hybridized carbons (Fsp3) is 0.206. The zero-order valence-corrected chi connectivity index (χ0v) is 22.4. The topological polar surface area (TPSA) is 72.9 Å². The van der Waals surface area contributed by atoms with E-state index in [1.807, 2.05) is 98.8 Å². The second kappa shape index (κ2) is 8.91. The maximum Gasteiger partial charge on any atom is 0.319 e. The van der Waals surface area contributed by atoms with Gasteiger partial charge in [0.2, 0.25) is 11.8 Å². The molecule has 40 heavy (non-hydrogen) atoms. The normalized spacial score (nSPS) is 23.3. The fourth-order valence-electron chi connectivity index (χ4n) is 6.68. The molecule has 3 aliphatic rings. The molecule has 1 fully saturated rings. The van der Waals surface area contributed by atoms with Crippen LogP contribution in [0.15, 0.2) is 84.9 Å². The Morgan fingerprint density at radius 2 is 1.57 bits per heavy atom. The summed E-state index contributed by atoms with van der Waals surface area (Å²) in [6, 6.07) is 25.0. The van der Waals surface area contributed by atoms with Gasteiger partial charge in [-0.25, -0.2) is 4.90 Å². The van der Waals surface area contributed by atoms with Crippen LogP contribution < -0.4 is 14.4 Å². The van der Waals surface area contributed by atoms with E-state index in [0.717, 1.165) is 38.6 Å². The second-order valence-corrected chi connectivity index (χ2v) is 10.8. The lowest BCUT2D eigenvalue weighted by Gasteiger charge is -2.38. The molecule has 4 aromatic rings. The number of anilines is 1. The Morgan fingerprint density at radius 1 is 0.825 bits per heavy atom. The van der Waals surface area contributed by atoms with Crippen LogP contribution in [0.4, 0.5) is 5.69 Å². The SMILES string of the molecule is COc1ccc([C@@H]2C=C3c4c(ccc5ccccc45)OC(=O)[C@@H]3[C@@H]3C(=O)N(c4cc(C)ccc4C)C(=O)[C@H]32)cc1. The standard InChI is InChI=1S/C34H27NO5/c1-18-8-9-19(2)26(16-18)35-32(36)29-24(21-10-13-22(39-3)14-11-21)17-25-28-23-7-5-4-6-20(23)12-15-27(28)40-34(38)30(25)31(29)33(35)37/h4-17,24,29-31H,1-3H3/t24-,29-,30-,31+/m0/s1. The van der Waals surface area contributed by atoms with Crippen molar-refractivity contribution in [2.24, 2.45) is 17.8 Å². The first-order valence-corrected chi connectivity index (χ1v) is 13.4. The summed E-state index contributed by atoms with van der Waals surface area (Å²) in [6.07, 6.45) is 2.02. The van der Waals surface area contributed by atoms with Gasteiger partial charge in [-0.2, -0.15) is 0 Å². The van der Waals surface area contributed by atoms with Crippen LogP contribution in [0.1, 0.15) is 28.2 Å². The van der Waals surface area contributed by atoms with Crippen molar-refractivity contribution < 1.29 is 23.9 Å². The van der Waals surface area contributed by atoms with E-state index in [9.17, 15) is 14.4 Å². The number of allylic oxidation sites excluding steroid dienone is 1. The number of hydrogen-bond donors (Lipinski definition) is 0. The number of amides is 2. The van der Waals surface area contributed by atoms with Crippen molar-refractivity contribution >= 4 is 39.8 Å². The molecular weight excluding hydrogens is 502 g/mol. The second-order valence-electron chi connectivity index (χ2n) is 10.8. The molecule has 198 valence electrons. The van der Waals surface area contributed by atoms with Gasteiger partial charge in [0, 0.05) is 11.5 Å². The molecule has 1 aliphatic carbocycles. The molecule has 4 atom stereocenters. The van der Waals surface area contributed by atoms with Crippen LogP contribution in [0.5, 0.6) is 11.5 Å². The zero-order valence-electron chi connectivity index (χ0n) is 22.4. The molecule has 2 amide bonds. The number of hydrogen-bond acceptors (Lipinski definition) is 5. The minimum Gasteiger partial charge on any atom is -0.497 e. The molecule has 2 aliphatic heterocycles. The van der Waals surface area contributed by atoms with Crippen LogP contribution in [-0.4, -0.2) is 24.9 Å². The number of imide groups is 1. The molecule has 1 saturated heterocycles. The molecule has 6 nitrogen and oxygen atoms in total. The van der Waals surface area contributed by atoms with Gasteiger partial charge in [-0.05, 0) is 71.1 Å². The van der Waals surface area contributed by atoms with E-state index in [1.165, 1.54) is 4.90 Å². The van der Waals surface area contributed by atoms with Gasteiger partial charge in [0.05, 0.1) is 30.6 Å². The van der Waals surface area contributed by atoms with Crippen molar-refractivity contribution in [2.45, 2.75) is 19.8 Å². The lowest BCUT2D eigenvalue weighted by molar-refractivity contribution is -0.142. The molecule has 0 unspecified atom stereocenters. The molecule has 0 saturated carbocycles. The summed E-state index contributed by atoms with van der Waals surface area (Å²) < 4.78 is 11.2. The summed E-state index contributed by atoms with van der Waals surface area (Å²) in [6.45, 7) is 3.82. The van der Waals surface area contributed by atoms with E-state index in [2.05, 4.69) is 0 Å². The average molecular weight is 530 g/mol. The third kappa shape index (κ3) is 3.45. The monoisotopic (exact) mass is 529 g/mol. The Balaban J connectivity index is 1.47. The summed E-state index contributed by atoms with van der Waals surface area (Å²) in [7, 11) is 1.61. The number of carbonyl (C=O) groups is 3. The summed E-state index contributed by atoms with van der Waals surface area (Å²) in [4.78, 5) is 43.5. The van der Waals surface area contributed by atoms with Crippen molar-refractivity contribution in [1.82, 2.24) is 0 Å². The molecule has 7 rings (SSSR count). The number of benzene rings is 4. The van der Waals surface area contributed by atoms with Gasteiger partial charge in [0.1, 0.15) is 11.5 Å². The van der Waals surface area contributed by atoms with Gasteiger partial charge in [-0.3, -0.25) is 14.4 Å². The first-order chi connectivity index (χ1) is 19.4. The number of methoxy groups -OCH3 is 1. The van der Waals surface area contributed by atoms with Gasteiger partial charge in [-0.1, -0.05) is 60.7 Å². The maximum absolute atomic E-state index is 14.3. The van der Waals surface area contributed by atoms with E-state index in [4.69, 9.17) is 9.47 Å². The van der Waals surface area contributed by atoms with E-state index in [0.29, 0.717) is 17.2 Å². The van der Waals surface area contributed by atoms with Crippen molar-refractivity contribution in [2.75, 3.05) is 12.0 Å². The van der Waals surface area contributed by atoms with Crippen LogP contribution in [-0.2, 0) is 14.4 Å². The van der Waals surface area contributed by atoms with E-state index >= 15 is 0 Å². The van der Waals surface area contributed by atoms with Gasteiger partial charge in [0.15, 0.2) is 0 Å². The highest BCUT2D eigenvalue weighted by Gasteiger charge is 2.60. The van der Waals surface area contributed by atoms with Gasteiger partial charge in [-0.15, -0.1) is 0 Å². The number of fused-ring (bicyclic) bond motifs is 7. The van der Waals surface area contributed by atoms with Crippen molar-refractivity contribution in [3.8, 4) is 11.5 Å². The number of carbonyl (C=O) groups excluding carboxylic acids is 3. The fourth-order valence-corrected chi connectivity index (χ4v) is 6.68. The lowest BCUT2D eigenvalue weighted by Crippen LogP contribution is -2.42. The number of ether oxygens (including phenoxy) is 2. The molecule has 0 aromatic heterocycles. The van der Waals surface area contributed by atoms with Crippen LogP contribution in [0.3, 0.4) is 0 Å². The summed E-state index contributed by atoms with van der Waals surface area (Å²) >= 11 is 0. The van der Waals surface area contributed by atoms with Gasteiger partial charge >= 0.3 is 5.97 Å². The maximum atomic E-state index is 14.3. The highest BCUT2D eigenvalue weighted by molar-refractivity contribution is 6.25. The minimum absolute atomic E-state index is 0.295. The Hall–Kier alpha value is -4.71. The summed E-state index contributed by atoms with van der Waals surface area (Å²) in [5.74, 6) is -2.93. The van der Waals surface area contributed by atoms with Crippen LogP contribution >= 0.6 is 0 Å². The van der Waals surface area contributed by atoms with Crippen molar-refractivity contribution in [3.63, 3.8) is 0 Å². The Labute approximate surface area is 231 Å². The van der Waals surface area contributed by atoms with Crippen LogP contribution in [0.2, 0.25) is 0 Å². The van der Waals surface area contributed by atoms with E-state index in [-0.39, 0.29) is 11.8 Å². The predicted octanol–water partition coefficient (Wildman–Crippen LogP) is 5.99. The third-order valence-electron chi connectivity index (χ3n) is 8.59. The molecule has 6 heteroatoms. The van der Waals surface area contributed by atoms with Crippen LogP contribution in [0.25, 0.3) is 16.3 Å². The molecule has 0 bridgehead atoms. The number of rotatable bonds is 3. The summed E-state index contributed by atoms with van der Waals surface area (Å²) in [5.41, 5.74) is 4.77. The Kier molecular flexibility index (Phi) is 5.42. The van der Waals surface area contributed by atoms with Crippen molar-refractivity contribution in [3.05, 3.63) is 107 Å². The highest BCUT2D eigenvalue weighted by Crippen LogP contribution is 2.56. The van der Waals surface area contributed by atoms with Crippen LogP contribution in [0, 0.1) is 31.6 Å². The number of nitrogens with zero attached hydrogens (tertiary/aromatic N) is 1. The minimum atomic E-state index is -0.890. The van der Waals surface area contributed by atoms with E-state index in [1.54, 1.807) is 7.11 Å². The first-order valence-electron chi connectivity index (χ1n) is 13.4. The lowest BCUT2D eigenvalue weighted by atomic mass is 9.64. The molecular formula is C34H27NO5. The van der Waals surface area contributed by atoms with Gasteiger partial charge in [0.25, 0.3) is 0 Å². The number of esters is 1. The van der Waals surface area contributed by atoms with Crippen molar-refractivity contribution in [1.29, 1.82) is 0 Å². The largest absolute Gasteiger partial charge is 0.497 e. The predicted molar refractivity (Wildman–Crippen MR) is 152 cm³/mol.